The van der Waals surface area contributed by atoms with Gasteiger partial charge in [0.05, 0.1) is 13.2 Å². The van der Waals surface area contributed by atoms with E-state index in [-0.39, 0.29) is 0 Å². The van der Waals surface area contributed by atoms with Gasteiger partial charge in [-0.05, 0) is 31.4 Å². The molecule has 2 aliphatic rings. The van der Waals surface area contributed by atoms with E-state index in [1.807, 2.05) is 18.8 Å². The molecule has 0 radical (unpaired) electrons. The first-order valence-corrected chi connectivity index (χ1v) is 8.34. The smallest absolute Gasteiger partial charge is 0.191 e. The van der Waals surface area contributed by atoms with E-state index in [1.165, 1.54) is 29.9 Å². The van der Waals surface area contributed by atoms with E-state index in [4.69, 9.17) is 4.74 Å². The highest BCUT2D eigenvalue weighted by Gasteiger charge is 2.14. The molecule has 19 heavy (non-hydrogen) atoms. The fourth-order valence-corrected chi connectivity index (χ4v) is 3.45. The second kappa shape index (κ2) is 8.48. The van der Waals surface area contributed by atoms with Crippen molar-refractivity contribution < 1.29 is 4.74 Å². The molecule has 0 spiro atoms. The van der Waals surface area contributed by atoms with Crippen molar-refractivity contribution in [3.05, 3.63) is 11.6 Å². The maximum absolute atomic E-state index is 5.31. The number of ether oxygens (including phenoxy) is 1. The molecule has 1 unspecified atom stereocenters. The van der Waals surface area contributed by atoms with Crippen LogP contribution in [-0.2, 0) is 4.74 Å². The van der Waals surface area contributed by atoms with Gasteiger partial charge in [0.1, 0.15) is 0 Å². The Kier molecular flexibility index (Phi) is 6.57. The van der Waals surface area contributed by atoms with Crippen LogP contribution in [0.15, 0.2) is 16.6 Å². The lowest BCUT2D eigenvalue weighted by molar-refractivity contribution is 0.153. The Morgan fingerprint density at radius 2 is 2.53 bits per heavy atom. The highest BCUT2D eigenvalue weighted by molar-refractivity contribution is 7.99. The second-order valence-corrected chi connectivity index (χ2v) is 6.14. The number of aliphatic imine (C=N–C) groups is 1. The number of nitrogens with zero attached hydrogens (tertiary/aromatic N) is 1. The van der Waals surface area contributed by atoms with Gasteiger partial charge in [-0.15, -0.1) is 0 Å². The van der Waals surface area contributed by atoms with E-state index in [2.05, 4.69) is 21.7 Å². The van der Waals surface area contributed by atoms with Crippen molar-refractivity contribution in [2.45, 2.75) is 31.7 Å². The van der Waals surface area contributed by atoms with Crippen molar-refractivity contribution in [3.63, 3.8) is 0 Å². The monoisotopic (exact) mass is 283 g/mol. The summed E-state index contributed by atoms with van der Waals surface area (Å²) in [5.41, 5.74) is 1.50. The summed E-state index contributed by atoms with van der Waals surface area (Å²) in [6.45, 7) is 2.60. The highest BCUT2D eigenvalue weighted by atomic mass is 32.2. The summed E-state index contributed by atoms with van der Waals surface area (Å²) in [5, 5.41) is 6.93. The first-order chi connectivity index (χ1) is 9.38. The maximum Gasteiger partial charge on any atom is 0.191 e. The van der Waals surface area contributed by atoms with Gasteiger partial charge in [0.15, 0.2) is 5.96 Å². The molecule has 2 rings (SSSR count). The van der Waals surface area contributed by atoms with Gasteiger partial charge in [-0.3, -0.25) is 4.99 Å². The molecule has 0 aromatic heterocycles. The van der Waals surface area contributed by atoms with Crippen LogP contribution >= 0.6 is 11.8 Å². The number of hydrogen-bond acceptors (Lipinski definition) is 3. The quantitative estimate of drug-likeness (QED) is 0.469. The minimum atomic E-state index is 0.576. The minimum absolute atomic E-state index is 0.576. The predicted molar refractivity (Wildman–Crippen MR) is 83.0 cm³/mol. The van der Waals surface area contributed by atoms with Gasteiger partial charge in [-0.2, -0.15) is 11.8 Å². The lowest BCUT2D eigenvalue weighted by Gasteiger charge is -2.24. The zero-order chi connectivity index (χ0) is 13.3. The number of thioether (sulfide) groups is 1. The molecule has 0 aromatic carbocycles. The minimum Gasteiger partial charge on any atom is -0.377 e. The van der Waals surface area contributed by atoms with Gasteiger partial charge < -0.3 is 15.4 Å². The summed E-state index contributed by atoms with van der Waals surface area (Å²) < 4.78 is 5.31. The van der Waals surface area contributed by atoms with Gasteiger partial charge in [0.2, 0.25) is 0 Å². The van der Waals surface area contributed by atoms with E-state index in [0.717, 1.165) is 38.6 Å². The Bertz CT molecular complexity index is 325. The average Bonchev–Trinajstić information content (AvgIpc) is 2.48. The SMILES string of the molecule is CN=C(NCCC1=CCOCC1)NC1CCCSC1. The van der Waals surface area contributed by atoms with Gasteiger partial charge in [0.25, 0.3) is 0 Å². The molecule has 5 heteroatoms. The van der Waals surface area contributed by atoms with Crippen LogP contribution in [0.25, 0.3) is 0 Å². The Balaban J connectivity index is 1.66. The van der Waals surface area contributed by atoms with Gasteiger partial charge in [-0.1, -0.05) is 11.6 Å². The molecular formula is C14H25N3OS. The van der Waals surface area contributed by atoms with Crippen LogP contribution in [0.1, 0.15) is 25.7 Å². The van der Waals surface area contributed by atoms with Crippen molar-refractivity contribution in [3.8, 4) is 0 Å². The highest BCUT2D eigenvalue weighted by Crippen LogP contribution is 2.16. The molecule has 108 valence electrons. The molecule has 1 atom stereocenters. The Morgan fingerprint density at radius 3 is 3.21 bits per heavy atom. The Morgan fingerprint density at radius 1 is 1.58 bits per heavy atom. The van der Waals surface area contributed by atoms with Crippen LogP contribution < -0.4 is 10.6 Å². The lowest BCUT2D eigenvalue weighted by Crippen LogP contribution is -2.45. The number of guanidine groups is 1. The lowest BCUT2D eigenvalue weighted by atomic mass is 10.1. The molecule has 0 aliphatic carbocycles. The Hall–Kier alpha value is -0.680. The van der Waals surface area contributed by atoms with Gasteiger partial charge >= 0.3 is 0 Å². The molecule has 0 aromatic rings. The molecule has 2 N–H and O–H groups in total. The molecule has 1 saturated heterocycles. The van der Waals surface area contributed by atoms with Crippen LogP contribution in [0.3, 0.4) is 0 Å². The Labute approximate surface area is 120 Å². The third-order valence-corrected chi connectivity index (χ3v) is 4.74. The number of rotatable bonds is 4. The van der Waals surface area contributed by atoms with Crippen molar-refractivity contribution in [1.29, 1.82) is 0 Å². The normalized spacial score (nSPS) is 24.8. The van der Waals surface area contributed by atoms with Crippen molar-refractivity contribution >= 4 is 17.7 Å². The van der Waals surface area contributed by atoms with E-state index < -0.39 is 0 Å². The van der Waals surface area contributed by atoms with Crippen molar-refractivity contribution in [1.82, 2.24) is 10.6 Å². The standard InChI is InChI=1S/C14H25N3OS/c1-15-14(17-13-3-2-10-19-11-13)16-7-4-12-5-8-18-9-6-12/h5,13H,2-4,6-11H2,1H3,(H2,15,16,17). The zero-order valence-electron chi connectivity index (χ0n) is 11.8. The summed E-state index contributed by atoms with van der Waals surface area (Å²) in [6.07, 6.45) is 6.94. The van der Waals surface area contributed by atoms with Crippen LogP contribution in [0.2, 0.25) is 0 Å². The first kappa shape index (κ1) is 14.7. The van der Waals surface area contributed by atoms with E-state index in [1.54, 1.807) is 0 Å². The van der Waals surface area contributed by atoms with Crippen LogP contribution in [0, 0.1) is 0 Å². The fraction of sp³-hybridized carbons (Fsp3) is 0.786. The van der Waals surface area contributed by atoms with Gasteiger partial charge in [-0.25, -0.2) is 0 Å². The van der Waals surface area contributed by atoms with E-state index >= 15 is 0 Å². The summed E-state index contributed by atoms with van der Waals surface area (Å²) in [4.78, 5) is 4.31. The van der Waals surface area contributed by atoms with Crippen LogP contribution in [0.4, 0.5) is 0 Å². The maximum atomic E-state index is 5.31. The van der Waals surface area contributed by atoms with Gasteiger partial charge in [0, 0.05) is 25.4 Å². The van der Waals surface area contributed by atoms with Crippen molar-refractivity contribution in [2.75, 3.05) is 38.3 Å². The third-order valence-electron chi connectivity index (χ3n) is 3.52. The summed E-state index contributed by atoms with van der Waals surface area (Å²) >= 11 is 2.03. The molecule has 2 aliphatic heterocycles. The van der Waals surface area contributed by atoms with E-state index in [0.29, 0.717) is 6.04 Å². The molecule has 0 bridgehead atoms. The number of hydrogen-bond donors (Lipinski definition) is 2. The summed E-state index contributed by atoms with van der Waals surface area (Å²) in [6, 6.07) is 0.576. The molecular weight excluding hydrogens is 258 g/mol. The molecule has 0 amide bonds. The third kappa shape index (κ3) is 5.45. The zero-order valence-corrected chi connectivity index (χ0v) is 12.6. The first-order valence-electron chi connectivity index (χ1n) is 7.19. The molecule has 0 saturated carbocycles. The summed E-state index contributed by atoms with van der Waals surface area (Å²) in [5.74, 6) is 3.45. The fourth-order valence-electron chi connectivity index (χ4n) is 2.38. The molecule has 2 heterocycles. The van der Waals surface area contributed by atoms with Crippen LogP contribution in [0.5, 0.6) is 0 Å². The average molecular weight is 283 g/mol. The number of nitrogens with one attached hydrogen (secondary N) is 2. The largest absolute Gasteiger partial charge is 0.377 e. The second-order valence-electron chi connectivity index (χ2n) is 4.99. The van der Waals surface area contributed by atoms with Crippen molar-refractivity contribution in [2.24, 2.45) is 4.99 Å². The van der Waals surface area contributed by atoms with E-state index in [9.17, 15) is 0 Å². The molecule has 1 fully saturated rings. The topological polar surface area (TPSA) is 45.7 Å². The molecule has 4 nitrogen and oxygen atoms in total. The predicted octanol–water partition coefficient (Wildman–Crippen LogP) is 1.78. The van der Waals surface area contributed by atoms with Crippen LogP contribution in [-0.4, -0.2) is 50.3 Å². The summed E-state index contributed by atoms with van der Waals surface area (Å²) in [7, 11) is 1.85.